The van der Waals surface area contributed by atoms with Gasteiger partial charge in [-0.15, -0.1) is 0 Å². The third-order valence-electron chi connectivity index (χ3n) is 12.5. The van der Waals surface area contributed by atoms with Gasteiger partial charge in [-0.3, -0.25) is 0 Å². The number of para-hydroxylation sites is 1. The Balaban J connectivity index is 1.06. The Hall–Kier alpha value is -8.52. The van der Waals surface area contributed by atoms with Crippen molar-refractivity contribution in [3.8, 4) is 77.9 Å². The van der Waals surface area contributed by atoms with Crippen molar-refractivity contribution in [3.63, 3.8) is 0 Å². The van der Waals surface area contributed by atoms with Gasteiger partial charge in [0.1, 0.15) is 0 Å². The number of fused-ring (bicyclic) bond motifs is 1. The van der Waals surface area contributed by atoms with E-state index in [9.17, 15) is 0 Å². The van der Waals surface area contributed by atoms with E-state index in [4.69, 9.17) is 0 Å². The molecule has 0 heterocycles. The Kier molecular flexibility index (Phi) is 10.7. The highest BCUT2D eigenvalue weighted by Crippen LogP contribution is 2.46. The Bertz CT molecular complexity index is 3330. The van der Waals surface area contributed by atoms with Crippen molar-refractivity contribution in [2.24, 2.45) is 0 Å². The highest BCUT2D eigenvalue weighted by Gasteiger charge is 2.21. The average molecular weight is 828 g/mol. The van der Waals surface area contributed by atoms with E-state index in [-0.39, 0.29) is 0 Å². The first-order valence-electron chi connectivity index (χ1n) is 22.3. The molecule has 0 aliphatic carbocycles. The Labute approximate surface area is 381 Å². The summed E-state index contributed by atoms with van der Waals surface area (Å²) < 4.78 is 0. The Morgan fingerprint density at radius 2 is 0.554 bits per heavy atom. The molecule has 0 radical (unpaired) electrons. The van der Waals surface area contributed by atoms with E-state index in [0.717, 1.165) is 28.2 Å². The summed E-state index contributed by atoms with van der Waals surface area (Å²) in [4.78, 5) is 2.42. The van der Waals surface area contributed by atoms with Crippen LogP contribution < -0.4 is 4.90 Å². The van der Waals surface area contributed by atoms with Crippen LogP contribution in [-0.2, 0) is 0 Å². The van der Waals surface area contributed by atoms with Crippen LogP contribution in [0.15, 0.2) is 273 Å². The predicted molar refractivity (Wildman–Crippen MR) is 277 cm³/mol. The van der Waals surface area contributed by atoms with Gasteiger partial charge in [0.05, 0.1) is 5.69 Å². The van der Waals surface area contributed by atoms with E-state index in [1.54, 1.807) is 0 Å². The minimum absolute atomic E-state index is 1.07. The van der Waals surface area contributed by atoms with Gasteiger partial charge in [0.2, 0.25) is 0 Å². The second kappa shape index (κ2) is 17.7. The maximum Gasteiger partial charge on any atom is 0.0540 e. The zero-order chi connectivity index (χ0) is 43.4. The fourth-order valence-electron chi connectivity index (χ4n) is 9.32. The molecule has 0 aliphatic heterocycles. The van der Waals surface area contributed by atoms with E-state index >= 15 is 0 Å². The third kappa shape index (κ3) is 7.93. The van der Waals surface area contributed by atoms with Crippen molar-refractivity contribution in [2.45, 2.75) is 0 Å². The van der Waals surface area contributed by atoms with Crippen molar-refractivity contribution in [1.29, 1.82) is 0 Å². The zero-order valence-corrected chi connectivity index (χ0v) is 35.9. The molecule has 65 heavy (non-hydrogen) atoms. The van der Waals surface area contributed by atoms with Gasteiger partial charge in [-0.25, -0.2) is 0 Å². The van der Waals surface area contributed by atoms with E-state index in [2.05, 4.69) is 278 Å². The number of hydrogen-bond donors (Lipinski definition) is 0. The number of hydrogen-bond acceptors (Lipinski definition) is 1. The van der Waals surface area contributed by atoms with Gasteiger partial charge in [-0.1, -0.05) is 224 Å². The largest absolute Gasteiger partial charge is 0.310 e. The molecule has 1 nitrogen and oxygen atoms in total. The van der Waals surface area contributed by atoms with Crippen molar-refractivity contribution in [2.75, 3.05) is 4.90 Å². The first kappa shape index (κ1) is 39.3. The van der Waals surface area contributed by atoms with Crippen LogP contribution in [0, 0.1) is 0 Å². The summed E-state index contributed by atoms with van der Waals surface area (Å²) in [7, 11) is 0. The molecule has 0 N–H and O–H groups in total. The molecule has 306 valence electrons. The van der Waals surface area contributed by atoms with Crippen molar-refractivity contribution in [1.82, 2.24) is 0 Å². The van der Waals surface area contributed by atoms with Crippen molar-refractivity contribution < 1.29 is 0 Å². The smallest absolute Gasteiger partial charge is 0.0540 e. The van der Waals surface area contributed by atoms with Crippen LogP contribution in [0.1, 0.15) is 0 Å². The summed E-state index contributed by atoms with van der Waals surface area (Å²) in [6.45, 7) is 0. The molecule has 0 bridgehead atoms. The van der Waals surface area contributed by atoms with Gasteiger partial charge in [0, 0.05) is 16.9 Å². The lowest BCUT2D eigenvalue weighted by Crippen LogP contribution is -2.11. The lowest BCUT2D eigenvalue weighted by Gasteiger charge is -2.29. The summed E-state index contributed by atoms with van der Waals surface area (Å²) in [5.74, 6) is 0. The van der Waals surface area contributed by atoms with Crippen LogP contribution in [0.3, 0.4) is 0 Å². The lowest BCUT2D eigenvalue weighted by molar-refractivity contribution is 1.28. The molecule has 11 aromatic carbocycles. The molecule has 0 unspecified atom stereocenters. The molecule has 0 spiro atoms. The van der Waals surface area contributed by atoms with Crippen LogP contribution in [0.25, 0.3) is 88.7 Å². The monoisotopic (exact) mass is 827 g/mol. The van der Waals surface area contributed by atoms with Gasteiger partial charge in [0.15, 0.2) is 0 Å². The van der Waals surface area contributed by atoms with Crippen molar-refractivity contribution in [3.05, 3.63) is 273 Å². The van der Waals surface area contributed by atoms with Gasteiger partial charge >= 0.3 is 0 Å². The molecule has 11 aromatic rings. The molecule has 0 atom stereocenters. The molecule has 11 rings (SSSR count). The number of nitrogens with zero attached hydrogens (tertiary/aromatic N) is 1. The SMILES string of the molecule is c1ccc(-c2cc(-c3ccccc3)cc(-c3ccc(N(c4ccc(-c5cccc6ccccc56)cc4)c4ccccc4-c4ccccc4-c4ccccc4-c4ccccc4)cc3)c2)cc1. The molecule has 1 heteroatoms. The molecule has 0 aromatic heterocycles. The van der Waals surface area contributed by atoms with E-state index < -0.39 is 0 Å². The van der Waals surface area contributed by atoms with Crippen LogP contribution in [0.2, 0.25) is 0 Å². The second-order valence-corrected chi connectivity index (χ2v) is 16.5. The quantitative estimate of drug-likeness (QED) is 0.133. The molecular formula is C64H45N. The average Bonchev–Trinajstić information content (AvgIpc) is 3.40. The molecular weight excluding hydrogens is 783 g/mol. The predicted octanol–water partition coefficient (Wildman–Crippen LogP) is 18.0. The maximum atomic E-state index is 2.42. The number of rotatable bonds is 10. The highest BCUT2D eigenvalue weighted by atomic mass is 15.1. The Morgan fingerprint density at radius 3 is 1.12 bits per heavy atom. The van der Waals surface area contributed by atoms with Crippen LogP contribution in [0.5, 0.6) is 0 Å². The standard InChI is InChI=1S/C64H45N/c1-4-19-46(20-5-1)52-43-53(47-21-6-2-7-22-47)45-54(44-52)48-35-39-55(40-36-48)65(56-41-37-51(38-42-56)58-33-18-26-50-25-10-11-27-57(50)58)64-34-17-16-32-63(64)62-31-15-14-30-61(62)60-29-13-12-28-59(60)49-23-8-3-9-24-49/h1-45H. The normalized spacial score (nSPS) is 11.1. The summed E-state index contributed by atoms with van der Waals surface area (Å²) >= 11 is 0. The summed E-state index contributed by atoms with van der Waals surface area (Å²) in [6.07, 6.45) is 0. The van der Waals surface area contributed by atoms with E-state index in [1.807, 2.05) is 0 Å². The third-order valence-corrected chi connectivity index (χ3v) is 12.5. The second-order valence-electron chi connectivity index (χ2n) is 16.5. The minimum atomic E-state index is 1.07. The van der Waals surface area contributed by atoms with Gasteiger partial charge in [0.25, 0.3) is 0 Å². The van der Waals surface area contributed by atoms with Gasteiger partial charge in [-0.2, -0.15) is 0 Å². The molecule has 0 saturated heterocycles. The topological polar surface area (TPSA) is 3.24 Å². The first-order valence-corrected chi connectivity index (χ1v) is 22.3. The molecule has 0 amide bonds. The Morgan fingerprint density at radius 1 is 0.200 bits per heavy atom. The molecule has 0 aliphatic rings. The van der Waals surface area contributed by atoms with Crippen LogP contribution in [-0.4, -0.2) is 0 Å². The highest BCUT2D eigenvalue weighted by molar-refractivity contribution is 5.99. The zero-order valence-electron chi connectivity index (χ0n) is 35.9. The molecule has 0 fully saturated rings. The molecule has 0 saturated carbocycles. The minimum Gasteiger partial charge on any atom is -0.310 e. The lowest BCUT2D eigenvalue weighted by atomic mass is 9.88. The van der Waals surface area contributed by atoms with Gasteiger partial charge < -0.3 is 4.90 Å². The van der Waals surface area contributed by atoms with Crippen molar-refractivity contribution >= 4 is 27.8 Å². The van der Waals surface area contributed by atoms with E-state index in [0.29, 0.717) is 0 Å². The summed E-state index contributed by atoms with van der Waals surface area (Å²) in [5.41, 5.74) is 19.9. The number of benzene rings is 11. The van der Waals surface area contributed by atoms with Crippen LogP contribution in [0.4, 0.5) is 17.1 Å². The number of anilines is 3. The van der Waals surface area contributed by atoms with Crippen LogP contribution >= 0.6 is 0 Å². The van der Waals surface area contributed by atoms with Gasteiger partial charge in [-0.05, 0) is 132 Å². The fourth-order valence-corrected chi connectivity index (χ4v) is 9.32. The first-order chi connectivity index (χ1) is 32.2. The summed E-state index contributed by atoms with van der Waals surface area (Å²) in [5, 5.41) is 2.49. The maximum absolute atomic E-state index is 2.42. The summed E-state index contributed by atoms with van der Waals surface area (Å²) in [6, 6.07) is 98.9. The van der Waals surface area contributed by atoms with E-state index in [1.165, 1.54) is 77.5 Å². The fraction of sp³-hybridized carbons (Fsp3) is 0.